The van der Waals surface area contributed by atoms with Crippen molar-refractivity contribution >= 4 is 23.4 Å². The lowest BCUT2D eigenvalue weighted by molar-refractivity contribution is -0.117. The molecule has 120 valence electrons. The highest BCUT2D eigenvalue weighted by Crippen LogP contribution is 2.29. The van der Waals surface area contributed by atoms with Gasteiger partial charge in [-0.25, -0.2) is 0 Å². The SMILES string of the molecule is Cc1ccc(C2CSCCN2CC(=O)Nc2ccncc2)cc1. The predicted molar refractivity (Wildman–Crippen MR) is 95.7 cm³/mol. The first-order valence-electron chi connectivity index (χ1n) is 7.80. The minimum absolute atomic E-state index is 0.0280. The van der Waals surface area contributed by atoms with Gasteiger partial charge in [-0.2, -0.15) is 11.8 Å². The molecule has 1 aromatic carbocycles. The molecule has 0 spiro atoms. The molecule has 0 bridgehead atoms. The number of aryl methyl sites for hydroxylation is 1. The van der Waals surface area contributed by atoms with Crippen LogP contribution in [0.25, 0.3) is 0 Å². The van der Waals surface area contributed by atoms with Crippen molar-refractivity contribution in [2.75, 3.05) is 29.9 Å². The van der Waals surface area contributed by atoms with Crippen LogP contribution >= 0.6 is 11.8 Å². The van der Waals surface area contributed by atoms with Crippen LogP contribution in [0.15, 0.2) is 48.8 Å². The summed E-state index contributed by atoms with van der Waals surface area (Å²) in [5.41, 5.74) is 3.35. The first kappa shape index (κ1) is 16.0. The Balaban J connectivity index is 1.66. The minimum Gasteiger partial charge on any atom is -0.325 e. The fraction of sp³-hybridized carbons (Fsp3) is 0.333. The molecule has 1 amide bonds. The summed E-state index contributed by atoms with van der Waals surface area (Å²) in [5.74, 6) is 2.14. The number of benzene rings is 1. The third kappa shape index (κ3) is 4.33. The lowest BCUT2D eigenvalue weighted by Gasteiger charge is -2.35. The number of amides is 1. The van der Waals surface area contributed by atoms with Crippen LogP contribution in [0.4, 0.5) is 5.69 Å². The zero-order valence-electron chi connectivity index (χ0n) is 13.2. The molecule has 23 heavy (non-hydrogen) atoms. The van der Waals surface area contributed by atoms with Gasteiger partial charge in [-0.15, -0.1) is 0 Å². The highest BCUT2D eigenvalue weighted by Gasteiger charge is 2.25. The van der Waals surface area contributed by atoms with Crippen LogP contribution in [-0.4, -0.2) is 40.4 Å². The average molecular weight is 327 g/mol. The standard InChI is InChI=1S/C18H21N3OS/c1-14-2-4-15(5-3-14)17-13-23-11-10-21(17)12-18(22)20-16-6-8-19-9-7-16/h2-9,17H,10-13H2,1H3,(H,19,20,22). The Hall–Kier alpha value is -1.85. The number of hydrogen-bond acceptors (Lipinski definition) is 4. The molecule has 1 N–H and O–H groups in total. The summed E-state index contributed by atoms with van der Waals surface area (Å²) in [6.07, 6.45) is 3.37. The van der Waals surface area contributed by atoms with E-state index in [2.05, 4.69) is 46.4 Å². The van der Waals surface area contributed by atoms with Gasteiger partial charge in [0.15, 0.2) is 0 Å². The van der Waals surface area contributed by atoms with Gasteiger partial charge in [0.05, 0.1) is 6.54 Å². The maximum absolute atomic E-state index is 12.3. The highest BCUT2D eigenvalue weighted by molar-refractivity contribution is 7.99. The van der Waals surface area contributed by atoms with E-state index in [9.17, 15) is 4.79 Å². The average Bonchev–Trinajstić information content (AvgIpc) is 2.57. The summed E-state index contributed by atoms with van der Waals surface area (Å²) in [6.45, 7) is 3.45. The normalized spacial score (nSPS) is 18.6. The fourth-order valence-electron chi connectivity index (χ4n) is 2.74. The van der Waals surface area contributed by atoms with E-state index in [1.807, 2.05) is 11.8 Å². The Bertz CT molecular complexity index is 645. The quantitative estimate of drug-likeness (QED) is 0.937. The van der Waals surface area contributed by atoms with Crippen molar-refractivity contribution in [3.8, 4) is 0 Å². The molecule has 3 rings (SSSR count). The number of pyridine rings is 1. The van der Waals surface area contributed by atoms with Gasteiger partial charge in [0.25, 0.3) is 0 Å². The molecule has 0 aliphatic carbocycles. The van der Waals surface area contributed by atoms with Crippen LogP contribution in [0, 0.1) is 6.92 Å². The van der Waals surface area contributed by atoms with Crippen LogP contribution in [0.2, 0.25) is 0 Å². The highest BCUT2D eigenvalue weighted by atomic mass is 32.2. The monoisotopic (exact) mass is 327 g/mol. The molecule has 0 radical (unpaired) electrons. The molecule has 2 aromatic rings. The molecule has 1 atom stereocenters. The Morgan fingerprint density at radius 2 is 2.00 bits per heavy atom. The third-order valence-electron chi connectivity index (χ3n) is 4.01. The molecule has 2 heterocycles. The lowest BCUT2D eigenvalue weighted by atomic mass is 10.0. The predicted octanol–water partition coefficient (Wildman–Crippen LogP) is 3.12. The molecular formula is C18H21N3OS. The van der Waals surface area contributed by atoms with Crippen LogP contribution in [-0.2, 0) is 4.79 Å². The number of carbonyl (C=O) groups is 1. The molecular weight excluding hydrogens is 306 g/mol. The number of aromatic nitrogens is 1. The Morgan fingerprint density at radius 1 is 1.26 bits per heavy atom. The number of thioether (sulfide) groups is 1. The van der Waals surface area contributed by atoms with Crippen molar-refractivity contribution in [1.82, 2.24) is 9.88 Å². The number of anilines is 1. The van der Waals surface area contributed by atoms with Crippen LogP contribution in [0.5, 0.6) is 0 Å². The van der Waals surface area contributed by atoms with E-state index in [0.29, 0.717) is 12.6 Å². The summed E-state index contributed by atoms with van der Waals surface area (Å²) in [4.78, 5) is 18.6. The van der Waals surface area contributed by atoms with E-state index in [0.717, 1.165) is 23.7 Å². The number of carbonyl (C=O) groups excluding carboxylic acids is 1. The van der Waals surface area contributed by atoms with Crippen LogP contribution < -0.4 is 5.32 Å². The number of hydrogen-bond donors (Lipinski definition) is 1. The van der Waals surface area contributed by atoms with Gasteiger partial charge in [-0.1, -0.05) is 29.8 Å². The van der Waals surface area contributed by atoms with E-state index in [-0.39, 0.29) is 5.91 Å². The maximum atomic E-state index is 12.3. The molecule has 1 aromatic heterocycles. The summed E-state index contributed by atoms with van der Waals surface area (Å²) >= 11 is 1.96. The van der Waals surface area contributed by atoms with Crippen molar-refractivity contribution in [2.24, 2.45) is 0 Å². The second-order valence-corrected chi connectivity index (χ2v) is 6.91. The number of nitrogens with zero attached hydrogens (tertiary/aromatic N) is 2. The van der Waals surface area contributed by atoms with Gasteiger partial charge in [0.1, 0.15) is 0 Å². The minimum atomic E-state index is 0.0280. The Kier molecular flexibility index (Phi) is 5.31. The molecule has 1 unspecified atom stereocenters. The number of nitrogens with one attached hydrogen (secondary N) is 1. The Morgan fingerprint density at radius 3 is 2.74 bits per heavy atom. The van der Waals surface area contributed by atoms with Gasteiger partial charge >= 0.3 is 0 Å². The Labute approximate surface area is 141 Å². The van der Waals surface area contributed by atoms with Gasteiger partial charge in [-0.05, 0) is 24.6 Å². The second kappa shape index (κ2) is 7.62. The molecule has 1 aliphatic heterocycles. The van der Waals surface area contributed by atoms with Gasteiger partial charge < -0.3 is 5.32 Å². The lowest BCUT2D eigenvalue weighted by Crippen LogP contribution is -2.41. The summed E-state index contributed by atoms with van der Waals surface area (Å²) in [7, 11) is 0. The molecule has 4 nitrogen and oxygen atoms in total. The zero-order valence-corrected chi connectivity index (χ0v) is 14.1. The van der Waals surface area contributed by atoms with Crippen molar-refractivity contribution < 1.29 is 4.79 Å². The van der Waals surface area contributed by atoms with Gasteiger partial charge in [-0.3, -0.25) is 14.7 Å². The van der Waals surface area contributed by atoms with E-state index in [4.69, 9.17) is 0 Å². The van der Waals surface area contributed by atoms with Crippen molar-refractivity contribution in [1.29, 1.82) is 0 Å². The smallest absolute Gasteiger partial charge is 0.238 e. The first-order valence-corrected chi connectivity index (χ1v) is 8.96. The number of rotatable bonds is 4. The van der Waals surface area contributed by atoms with E-state index >= 15 is 0 Å². The van der Waals surface area contributed by atoms with Crippen molar-refractivity contribution in [3.63, 3.8) is 0 Å². The van der Waals surface area contributed by atoms with E-state index < -0.39 is 0 Å². The van der Waals surface area contributed by atoms with E-state index in [1.165, 1.54) is 11.1 Å². The largest absolute Gasteiger partial charge is 0.325 e. The van der Waals surface area contributed by atoms with Gasteiger partial charge in [0.2, 0.25) is 5.91 Å². The molecule has 1 fully saturated rings. The topological polar surface area (TPSA) is 45.2 Å². The summed E-state index contributed by atoms with van der Waals surface area (Å²) in [6, 6.07) is 12.6. The maximum Gasteiger partial charge on any atom is 0.238 e. The van der Waals surface area contributed by atoms with Crippen molar-refractivity contribution in [3.05, 3.63) is 59.9 Å². The van der Waals surface area contributed by atoms with Gasteiger partial charge in [0, 0.05) is 42.2 Å². The molecule has 5 heteroatoms. The second-order valence-electron chi connectivity index (χ2n) is 5.76. The third-order valence-corrected chi connectivity index (χ3v) is 5.03. The summed E-state index contributed by atoms with van der Waals surface area (Å²) in [5, 5.41) is 2.94. The van der Waals surface area contributed by atoms with Crippen LogP contribution in [0.3, 0.4) is 0 Å². The van der Waals surface area contributed by atoms with Crippen molar-refractivity contribution in [2.45, 2.75) is 13.0 Å². The summed E-state index contributed by atoms with van der Waals surface area (Å²) < 4.78 is 0. The molecule has 1 aliphatic rings. The molecule has 0 saturated carbocycles. The zero-order chi connectivity index (χ0) is 16.1. The first-order chi connectivity index (χ1) is 11.2. The van der Waals surface area contributed by atoms with E-state index in [1.54, 1.807) is 24.5 Å². The fourth-order valence-corrected chi connectivity index (χ4v) is 3.90. The molecule has 1 saturated heterocycles. The van der Waals surface area contributed by atoms with Crippen LogP contribution in [0.1, 0.15) is 17.2 Å².